The molecule has 2 aliphatic heterocycles. The Morgan fingerprint density at radius 3 is 2.75 bits per heavy atom. The van der Waals surface area contributed by atoms with Crippen LogP contribution in [-0.4, -0.2) is 58.4 Å². The molecule has 1 aromatic rings. The molecule has 2 aliphatic rings. The number of urea groups is 1. The molecule has 24 heavy (non-hydrogen) atoms. The van der Waals surface area contributed by atoms with Crippen LogP contribution in [0.5, 0.6) is 0 Å². The first-order chi connectivity index (χ1) is 11.5. The molecule has 0 aliphatic carbocycles. The van der Waals surface area contributed by atoms with Crippen molar-refractivity contribution >= 4 is 11.9 Å². The summed E-state index contributed by atoms with van der Waals surface area (Å²) in [4.78, 5) is 32.5. The average molecular weight is 330 g/mol. The SMILES string of the molecule is CCN1C(=O)N[C@](C)([C@@H]2CCCN(CCc3ccncc3)C2)C1=O. The number of carbonyl (C=O) groups excluding carboxylic acids is 2. The number of carbonyl (C=O) groups is 2. The minimum absolute atomic E-state index is 0.0732. The van der Waals surface area contributed by atoms with E-state index in [1.165, 1.54) is 10.5 Å². The van der Waals surface area contributed by atoms with E-state index >= 15 is 0 Å². The maximum atomic E-state index is 12.7. The third kappa shape index (κ3) is 3.15. The van der Waals surface area contributed by atoms with Crippen molar-refractivity contribution in [2.45, 2.75) is 38.6 Å². The Morgan fingerprint density at radius 2 is 2.08 bits per heavy atom. The third-order valence-corrected chi connectivity index (χ3v) is 5.41. The zero-order valence-electron chi connectivity index (χ0n) is 14.5. The maximum Gasteiger partial charge on any atom is 0.325 e. The molecule has 1 aromatic heterocycles. The molecule has 0 bridgehead atoms. The van der Waals surface area contributed by atoms with Gasteiger partial charge in [-0.15, -0.1) is 0 Å². The predicted octanol–water partition coefficient (Wildman–Crippen LogP) is 1.67. The smallest absolute Gasteiger partial charge is 0.323 e. The molecule has 1 N–H and O–H groups in total. The van der Waals surface area contributed by atoms with Crippen molar-refractivity contribution in [3.63, 3.8) is 0 Å². The van der Waals surface area contributed by atoms with Gasteiger partial charge >= 0.3 is 6.03 Å². The largest absolute Gasteiger partial charge is 0.325 e. The van der Waals surface area contributed by atoms with Gasteiger partial charge in [0, 0.05) is 37.9 Å². The van der Waals surface area contributed by atoms with Crippen LogP contribution in [0.2, 0.25) is 0 Å². The molecule has 6 nitrogen and oxygen atoms in total. The fourth-order valence-electron chi connectivity index (χ4n) is 3.85. The lowest BCUT2D eigenvalue weighted by atomic mass is 9.80. The highest BCUT2D eigenvalue weighted by Gasteiger charge is 2.52. The molecule has 2 atom stereocenters. The molecule has 2 fully saturated rings. The van der Waals surface area contributed by atoms with Crippen LogP contribution < -0.4 is 5.32 Å². The normalized spacial score (nSPS) is 28.2. The molecule has 0 spiro atoms. The average Bonchev–Trinajstić information content (AvgIpc) is 2.84. The Morgan fingerprint density at radius 1 is 1.33 bits per heavy atom. The Kier molecular flexibility index (Phi) is 4.85. The summed E-state index contributed by atoms with van der Waals surface area (Å²) in [5.41, 5.74) is 0.517. The fourth-order valence-corrected chi connectivity index (χ4v) is 3.85. The van der Waals surface area contributed by atoms with Crippen molar-refractivity contribution in [2.75, 3.05) is 26.2 Å². The quantitative estimate of drug-likeness (QED) is 0.834. The molecular weight excluding hydrogens is 304 g/mol. The molecule has 2 saturated heterocycles. The van der Waals surface area contributed by atoms with E-state index in [0.29, 0.717) is 6.54 Å². The molecule has 0 aromatic carbocycles. The fraction of sp³-hybridized carbons (Fsp3) is 0.611. The highest BCUT2D eigenvalue weighted by atomic mass is 16.2. The van der Waals surface area contributed by atoms with Gasteiger partial charge in [0.2, 0.25) is 0 Å². The molecule has 0 saturated carbocycles. The van der Waals surface area contributed by atoms with Crippen LogP contribution in [0, 0.1) is 5.92 Å². The number of amides is 3. The molecule has 130 valence electrons. The number of nitrogens with zero attached hydrogens (tertiary/aromatic N) is 3. The molecule has 0 unspecified atom stereocenters. The van der Waals surface area contributed by atoms with Gasteiger partial charge in [-0.2, -0.15) is 0 Å². The highest BCUT2D eigenvalue weighted by molar-refractivity contribution is 6.07. The van der Waals surface area contributed by atoms with Crippen LogP contribution in [-0.2, 0) is 11.2 Å². The zero-order valence-corrected chi connectivity index (χ0v) is 14.5. The van der Waals surface area contributed by atoms with Gasteiger partial charge in [-0.3, -0.25) is 14.7 Å². The van der Waals surface area contributed by atoms with E-state index in [9.17, 15) is 9.59 Å². The van der Waals surface area contributed by atoms with Gasteiger partial charge in [-0.25, -0.2) is 4.79 Å². The molecular formula is C18H26N4O2. The number of aromatic nitrogens is 1. The van der Waals surface area contributed by atoms with E-state index in [1.54, 1.807) is 0 Å². The van der Waals surface area contributed by atoms with E-state index in [0.717, 1.165) is 38.9 Å². The van der Waals surface area contributed by atoms with Crippen molar-refractivity contribution in [1.82, 2.24) is 20.1 Å². The summed E-state index contributed by atoms with van der Waals surface area (Å²) < 4.78 is 0. The zero-order chi connectivity index (χ0) is 17.2. The summed E-state index contributed by atoms with van der Waals surface area (Å²) in [5.74, 6) is 0.0904. The topological polar surface area (TPSA) is 65.5 Å². The first-order valence-corrected chi connectivity index (χ1v) is 8.80. The van der Waals surface area contributed by atoms with Gasteiger partial charge in [0.1, 0.15) is 5.54 Å². The van der Waals surface area contributed by atoms with Crippen molar-refractivity contribution in [1.29, 1.82) is 0 Å². The van der Waals surface area contributed by atoms with Crippen molar-refractivity contribution in [3.05, 3.63) is 30.1 Å². The predicted molar refractivity (Wildman–Crippen MR) is 91.4 cm³/mol. The lowest BCUT2D eigenvalue weighted by molar-refractivity contribution is -0.133. The van der Waals surface area contributed by atoms with Crippen LogP contribution in [0.25, 0.3) is 0 Å². The Hall–Kier alpha value is -1.95. The summed E-state index contributed by atoms with van der Waals surface area (Å²) in [5, 5.41) is 2.95. The number of likely N-dealkylation sites (tertiary alicyclic amines) is 1. The molecule has 3 amide bonds. The Bertz CT molecular complexity index is 606. The van der Waals surface area contributed by atoms with Crippen LogP contribution in [0.4, 0.5) is 4.79 Å². The van der Waals surface area contributed by atoms with Crippen LogP contribution in [0.1, 0.15) is 32.3 Å². The van der Waals surface area contributed by atoms with E-state index in [1.807, 2.05) is 38.4 Å². The summed E-state index contributed by atoms with van der Waals surface area (Å²) >= 11 is 0. The summed E-state index contributed by atoms with van der Waals surface area (Å²) in [7, 11) is 0. The summed E-state index contributed by atoms with van der Waals surface area (Å²) in [6, 6.07) is 3.84. The van der Waals surface area contributed by atoms with Crippen molar-refractivity contribution in [3.8, 4) is 0 Å². The van der Waals surface area contributed by atoms with E-state index in [4.69, 9.17) is 0 Å². The van der Waals surface area contributed by atoms with Crippen LogP contribution in [0.15, 0.2) is 24.5 Å². The number of pyridine rings is 1. The minimum Gasteiger partial charge on any atom is -0.323 e. The minimum atomic E-state index is -0.761. The Balaban J connectivity index is 1.63. The first-order valence-electron chi connectivity index (χ1n) is 8.80. The number of nitrogens with one attached hydrogen (secondary N) is 1. The van der Waals surface area contributed by atoms with E-state index in [2.05, 4.69) is 15.2 Å². The lowest BCUT2D eigenvalue weighted by Gasteiger charge is -2.39. The second-order valence-electron chi connectivity index (χ2n) is 6.93. The van der Waals surface area contributed by atoms with Gasteiger partial charge in [-0.05, 0) is 57.4 Å². The molecule has 3 heterocycles. The Labute approximate surface area is 143 Å². The lowest BCUT2D eigenvalue weighted by Crippen LogP contribution is -2.56. The van der Waals surface area contributed by atoms with E-state index < -0.39 is 5.54 Å². The standard InChI is InChI=1S/C18H26N4O2/c1-3-22-16(23)18(2,20-17(22)24)15-5-4-11-21(13-15)12-8-14-6-9-19-10-7-14/h6-7,9-10,15H,3-5,8,11-13H2,1-2H3,(H,20,24)/t15-,18-/m1/s1. The molecule has 6 heteroatoms. The monoisotopic (exact) mass is 330 g/mol. The number of hydrogen-bond donors (Lipinski definition) is 1. The van der Waals surface area contributed by atoms with Gasteiger partial charge < -0.3 is 10.2 Å². The van der Waals surface area contributed by atoms with Crippen molar-refractivity contribution in [2.24, 2.45) is 5.92 Å². The first kappa shape index (κ1) is 16.9. The second-order valence-corrected chi connectivity index (χ2v) is 6.93. The number of piperidine rings is 1. The van der Waals surface area contributed by atoms with Gasteiger partial charge in [-0.1, -0.05) is 0 Å². The highest BCUT2D eigenvalue weighted by Crippen LogP contribution is 2.32. The maximum absolute atomic E-state index is 12.7. The number of hydrogen-bond acceptors (Lipinski definition) is 4. The van der Waals surface area contributed by atoms with Gasteiger partial charge in [0.05, 0.1) is 0 Å². The number of rotatable bonds is 5. The van der Waals surface area contributed by atoms with E-state index in [-0.39, 0.29) is 17.9 Å². The third-order valence-electron chi connectivity index (χ3n) is 5.41. The molecule has 0 radical (unpaired) electrons. The van der Waals surface area contributed by atoms with Crippen molar-refractivity contribution < 1.29 is 9.59 Å². The summed E-state index contributed by atoms with van der Waals surface area (Å²) in [6.45, 7) is 7.03. The van der Waals surface area contributed by atoms with Crippen LogP contribution in [0.3, 0.4) is 0 Å². The number of imide groups is 1. The van der Waals surface area contributed by atoms with Gasteiger partial charge in [0.15, 0.2) is 0 Å². The van der Waals surface area contributed by atoms with Gasteiger partial charge in [0.25, 0.3) is 5.91 Å². The number of likely N-dealkylation sites (N-methyl/N-ethyl adjacent to an activating group) is 1. The second kappa shape index (κ2) is 6.89. The van der Waals surface area contributed by atoms with Crippen LogP contribution >= 0.6 is 0 Å². The molecule has 3 rings (SSSR count). The summed E-state index contributed by atoms with van der Waals surface area (Å²) in [6.07, 6.45) is 6.66.